The normalized spacial score (nSPS) is 15.3. The van der Waals surface area contributed by atoms with Crippen LogP contribution in [0.1, 0.15) is 44.4 Å². The fourth-order valence-corrected chi connectivity index (χ4v) is 4.46. The third-order valence-corrected chi connectivity index (χ3v) is 5.90. The standard InChI is InChI=1S/C26H22N2O4/c1-15-11-16(2)24-20(12-15)23(29)21-22(18-6-8-19(31-3)9-7-18)28(26(30)25(21)32-24)14-17-5-4-10-27-13-17/h4-13,22H,14H2,1-3H3. The molecule has 0 aliphatic carbocycles. The number of carbonyl (C=O) groups is 1. The Kier molecular flexibility index (Phi) is 4.78. The summed E-state index contributed by atoms with van der Waals surface area (Å²) in [5.74, 6) is 0.511. The molecular formula is C26H22N2O4. The van der Waals surface area contributed by atoms with Crippen molar-refractivity contribution in [1.82, 2.24) is 9.88 Å². The van der Waals surface area contributed by atoms with E-state index in [1.165, 1.54) is 0 Å². The molecule has 1 aliphatic heterocycles. The molecule has 6 heteroatoms. The smallest absolute Gasteiger partial charge is 0.291 e. The van der Waals surface area contributed by atoms with Gasteiger partial charge in [0.1, 0.15) is 11.3 Å². The Morgan fingerprint density at radius 1 is 1.09 bits per heavy atom. The zero-order chi connectivity index (χ0) is 22.4. The highest BCUT2D eigenvalue weighted by Crippen LogP contribution is 2.40. The van der Waals surface area contributed by atoms with Gasteiger partial charge in [-0.2, -0.15) is 0 Å². The minimum atomic E-state index is -0.565. The SMILES string of the molecule is COc1ccc(C2c3c(oc4c(C)cc(C)cc4c3=O)C(=O)N2Cc2cccnc2)cc1. The summed E-state index contributed by atoms with van der Waals surface area (Å²) in [7, 11) is 1.60. The summed E-state index contributed by atoms with van der Waals surface area (Å²) >= 11 is 0. The molecule has 32 heavy (non-hydrogen) atoms. The number of benzene rings is 2. The molecule has 0 bridgehead atoms. The van der Waals surface area contributed by atoms with E-state index in [0.29, 0.717) is 28.8 Å². The zero-order valence-electron chi connectivity index (χ0n) is 18.1. The molecule has 0 saturated heterocycles. The van der Waals surface area contributed by atoms with Crippen LogP contribution >= 0.6 is 0 Å². The summed E-state index contributed by atoms with van der Waals surface area (Å²) in [5, 5.41) is 0.496. The second kappa shape index (κ2) is 7.64. The van der Waals surface area contributed by atoms with Crippen molar-refractivity contribution in [3.63, 3.8) is 0 Å². The summed E-state index contributed by atoms with van der Waals surface area (Å²) in [5.41, 5.74) is 4.16. The van der Waals surface area contributed by atoms with Crippen molar-refractivity contribution in [2.24, 2.45) is 0 Å². The lowest BCUT2D eigenvalue weighted by atomic mass is 9.97. The van der Waals surface area contributed by atoms with Crippen molar-refractivity contribution >= 4 is 16.9 Å². The summed E-state index contributed by atoms with van der Waals surface area (Å²) < 4.78 is 11.4. The van der Waals surface area contributed by atoms with Gasteiger partial charge in [-0.15, -0.1) is 0 Å². The molecule has 0 saturated carbocycles. The lowest BCUT2D eigenvalue weighted by Gasteiger charge is -2.25. The molecule has 1 atom stereocenters. The van der Waals surface area contributed by atoms with Gasteiger partial charge in [0.25, 0.3) is 5.91 Å². The van der Waals surface area contributed by atoms with Crippen LogP contribution in [0, 0.1) is 13.8 Å². The maximum absolute atomic E-state index is 13.7. The number of aryl methyl sites for hydroxylation is 2. The minimum Gasteiger partial charge on any atom is -0.497 e. The van der Waals surface area contributed by atoms with Crippen molar-refractivity contribution in [2.75, 3.05) is 7.11 Å². The van der Waals surface area contributed by atoms with Crippen LogP contribution in [0.3, 0.4) is 0 Å². The molecule has 0 radical (unpaired) electrons. The second-order valence-electron chi connectivity index (χ2n) is 8.10. The monoisotopic (exact) mass is 426 g/mol. The number of methoxy groups -OCH3 is 1. The predicted molar refractivity (Wildman–Crippen MR) is 121 cm³/mol. The van der Waals surface area contributed by atoms with E-state index in [0.717, 1.165) is 22.3 Å². The number of carbonyl (C=O) groups excluding carboxylic acids is 1. The van der Waals surface area contributed by atoms with E-state index in [2.05, 4.69) is 4.98 Å². The summed E-state index contributed by atoms with van der Waals surface area (Å²) in [6.45, 7) is 4.14. The average Bonchev–Trinajstić information content (AvgIpc) is 3.07. The van der Waals surface area contributed by atoms with Crippen molar-refractivity contribution in [1.29, 1.82) is 0 Å². The van der Waals surface area contributed by atoms with E-state index in [-0.39, 0.29) is 17.1 Å². The first kappa shape index (κ1) is 20.0. The van der Waals surface area contributed by atoms with E-state index < -0.39 is 6.04 Å². The number of fused-ring (bicyclic) bond motifs is 2. The second-order valence-corrected chi connectivity index (χ2v) is 8.10. The van der Waals surface area contributed by atoms with Gasteiger partial charge in [0, 0.05) is 18.9 Å². The van der Waals surface area contributed by atoms with Crippen LogP contribution in [-0.2, 0) is 6.54 Å². The highest BCUT2D eigenvalue weighted by atomic mass is 16.5. The molecular weight excluding hydrogens is 404 g/mol. The molecule has 1 aliphatic rings. The molecule has 0 spiro atoms. The van der Waals surface area contributed by atoms with Crippen molar-refractivity contribution in [3.05, 3.63) is 105 Å². The number of amides is 1. The first-order valence-electron chi connectivity index (χ1n) is 10.4. The van der Waals surface area contributed by atoms with Gasteiger partial charge in [0.15, 0.2) is 5.43 Å². The van der Waals surface area contributed by atoms with Crippen molar-refractivity contribution in [3.8, 4) is 5.75 Å². The van der Waals surface area contributed by atoms with Crippen LogP contribution in [-0.4, -0.2) is 22.9 Å². The molecule has 0 fully saturated rings. The van der Waals surface area contributed by atoms with E-state index in [1.54, 1.807) is 24.4 Å². The van der Waals surface area contributed by atoms with Gasteiger partial charge in [0.05, 0.1) is 24.1 Å². The van der Waals surface area contributed by atoms with E-state index in [1.807, 2.05) is 62.4 Å². The highest BCUT2D eigenvalue weighted by Gasteiger charge is 2.42. The number of aromatic nitrogens is 1. The number of nitrogens with zero attached hydrogens (tertiary/aromatic N) is 2. The maximum Gasteiger partial charge on any atom is 0.291 e. The van der Waals surface area contributed by atoms with E-state index in [4.69, 9.17) is 9.15 Å². The summed E-state index contributed by atoms with van der Waals surface area (Å²) in [6.07, 6.45) is 3.41. The molecule has 1 amide bonds. The Morgan fingerprint density at radius 3 is 2.56 bits per heavy atom. The van der Waals surface area contributed by atoms with Crippen LogP contribution in [0.4, 0.5) is 0 Å². The Hall–Kier alpha value is -3.93. The third kappa shape index (κ3) is 3.15. The largest absolute Gasteiger partial charge is 0.497 e. The molecule has 1 unspecified atom stereocenters. The number of ether oxygens (including phenoxy) is 1. The molecule has 4 aromatic rings. The fourth-order valence-electron chi connectivity index (χ4n) is 4.46. The van der Waals surface area contributed by atoms with Crippen LogP contribution in [0.15, 0.2) is 70.1 Å². The lowest BCUT2D eigenvalue weighted by Crippen LogP contribution is -2.29. The number of hydrogen-bond acceptors (Lipinski definition) is 5. The van der Waals surface area contributed by atoms with Crippen LogP contribution in [0.2, 0.25) is 0 Å². The first-order valence-corrected chi connectivity index (χ1v) is 10.4. The Balaban J connectivity index is 1.74. The van der Waals surface area contributed by atoms with Crippen LogP contribution < -0.4 is 10.2 Å². The zero-order valence-corrected chi connectivity index (χ0v) is 18.1. The van der Waals surface area contributed by atoms with Gasteiger partial charge in [-0.05, 0) is 60.4 Å². The number of hydrogen-bond donors (Lipinski definition) is 0. The minimum absolute atomic E-state index is 0.110. The third-order valence-electron chi connectivity index (χ3n) is 5.90. The Bertz CT molecular complexity index is 1390. The van der Waals surface area contributed by atoms with Gasteiger partial charge in [0.2, 0.25) is 5.76 Å². The maximum atomic E-state index is 13.7. The topological polar surface area (TPSA) is 72.6 Å². The van der Waals surface area contributed by atoms with Gasteiger partial charge >= 0.3 is 0 Å². The fraction of sp³-hybridized carbons (Fsp3) is 0.192. The Morgan fingerprint density at radius 2 is 1.88 bits per heavy atom. The first-order chi connectivity index (χ1) is 15.5. The predicted octanol–water partition coefficient (Wildman–Crippen LogP) is 4.56. The van der Waals surface area contributed by atoms with Gasteiger partial charge in [-0.25, -0.2) is 0 Å². The summed E-state index contributed by atoms with van der Waals surface area (Å²) in [4.78, 5) is 33.1. The van der Waals surface area contributed by atoms with Gasteiger partial charge in [-0.3, -0.25) is 14.6 Å². The van der Waals surface area contributed by atoms with Crippen molar-refractivity contribution in [2.45, 2.75) is 26.4 Å². The molecule has 2 aromatic heterocycles. The highest BCUT2D eigenvalue weighted by molar-refractivity contribution is 5.99. The number of pyridine rings is 1. The van der Waals surface area contributed by atoms with Crippen molar-refractivity contribution < 1.29 is 13.9 Å². The molecule has 160 valence electrons. The van der Waals surface area contributed by atoms with E-state index >= 15 is 0 Å². The Labute approximate surface area is 185 Å². The molecule has 0 N–H and O–H groups in total. The molecule has 3 heterocycles. The average molecular weight is 426 g/mol. The van der Waals surface area contributed by atoms with E-state index in [9.17, 15) is 9.59 Å². The van der Waals surface area contributed by atoms with Crippen LogP contribution in [0.5, 0.6) is 5.75 Å². The number of rotatable bonds is 4. The molecule has 2 aromatic carbocycles. The molecule has 5 rings (SSSR count). The van der Waals surface area contributed by atoms with Gasteiger partial charge in [-0.1, -0.05) is 24.3 Å². The van der Waals surface area contributed by atoms with Gasteiger partial charge < -0.3 is 14.1 Å². The lowest BCUT2D eigenvalue weighted by molar-refractivity contribution is 0.0714. The quantitative estimate of drug-likeness (QED) is 0.478. The van der Waals surface area contributed by atoms with Crippen LogP contribution in [0.25, 0.3) is 11.0 Å². The molecule has 6 nitrogen and oxygen atoms in total. The summed E-state index contributed by atoms with van der Waals surface area (Å²) in [6, 6.07) is 14.4.